The number of carboxylic acids is 1. The number of allylic oxidation sites excluding steroid dienone is 2. The van der Waals surface area contributed by atoms with Crippen LogP contribution >= 0.6 is 11.8 Å². The quantitative estimate of drug-likeness (QED) is 0.268. The second-order valence-corrected chi connectivity index (χ2v) is 9.75. The summed E-state index contributed by atoms with van der Waals surface area (Å²) in [5, 5.41) is 14.5. The van der Waals surface area contributed by atoms with E-state index in [1.54, 1.807) is 11.8 Å². The number of nitrogens with one attached hydrogen (secondary N) is 2. The third-order valence-electron chi connectivity index (χ3n) is 6.47. The number of hydrogen-bond acceptors (Lipinski definition) is 4. The predicted molar refractivity (Wildman–Crippen MR) is 121 cm³/mol. The number of amides is 2. The number of unbranched alkanes of at least 4 members (excludes halogenated alkanes) is 2. The number of carbonyl (C=O) groups excluding carboxylic acids is 2. The molecule has 0 saturated heterocycles. The lowest BCUT2D eigenvalue weighted by Crippen LogP contribution is -2.41. The Morgan fingerprint density at radius 1 is 1.03 bits per heavy atom. The van der Waals surface area contributed by atoms with E-state index in [0.29, 0.717) is 36.5 Å². The second kappa shape index (κ2) is 13.7. The molecular weight excluding hydrogens is 400 g/mol. The van der Waals surface area contributed by atoms with Gasteiger partial charge in [-0.05, 0) is 74.4 Å². The molecule has 30 heavy (non-hydrogen) atoms. The van der Waals surface area contributed by atoms with E-state index in [2.05, 4.69) is 29.7 Å². The summed E-state index contributed by atoms with van der Waals surface area (Å²) in [5.74, 6) is 3.05. The molecule has 3 N–H and O–H groups in total. The first-order valence-corrected chi connectivity index (χ1v) is 12.6. The van der Waals surface area contributed by atoms with Crippen molar-refractivity contribution in [1.29, 1.82) is 0 Å². The Kier molecular flexibility index (Phi) is 11.3. The second-order valence-electron chi connectivity index (χ2n) is 8.64. The van der Waals surface area contributed by atoms with Crippen LogP contribution < -0.4 is 10.6 Å². The van der Waals surface area contributed by atoms with Crippen molar-refractivity contribution in [2.75, 3.05) is 24.6 Å². The molecule has 2 fully saturated rings. The van der Waals surface area contributed by atoms with Gasteiger partial charge in [0.2, 0.25) is 11.8 Å². The van der Waals surface area contributed by atoms with Crippen LogP contribution in [0.2, 0.25) is 0 Å². The fraction of sp³-hybridized carbons (Fsp3) is 0.783. The molecule has 4 atom stereocenters. The molecule has 2 bridgehead atoms. The van der Waals surface area contributed by atoms with E-state index in [0.717, 1.165) is 37.4 Å². The lowest BCUT2D eigenvalue weighted by molar-refractivity contribution is -0.137. The van der Waals surface area contributed by atoms with Crippen molar-refractivity contribution in [1.82, 2.24) is 10.6 Å². The van der Waals surface area contributed by atoms with Gasteiger partial charge in [-0.3, -0.25) is 14.4 Å². The molecule has 170 valence electrons. The molecule has 0 heterocycles. The van der Waals surface area contributed by atoms with Crippen LogP contribution in [0.25, 0.3) is 0 Å². The van der Waals surface area contributed by atoms with Gasteiger partial charge in [0.05, 0.1) is 12.3 Å². The van der Waals surface area contributed by atoms with E-state index < -0.39 is 5.97 Å². The summed E-state index contributed by atoms with van der Waals surface area (Å²) in [7, 11) is 0. The minimum absolute atomic E-state index is 0.0577. The zero-order valence-corrected chi connectivity index (χ0v) is 19.1. The highest BCUT2D eigenvalue weighted by Crippen LogP contribution is 2.53. The molecule has 0 aliphatic heterocycles. The molecule has 2 amide bonds. The monoisotopic (exact) mass is 438 g/mol. The predicted octanol–water partition coefficient (Wildman–Crippen LogP) is 3.62. The Labute approximate surface area is 185 Å². The van der Waals surface area contributed by atoms with Gasteiger partial charge >= 0.3 is 5.97 Å². The average Bonchev–Trinajstić information content (AvgIpc) is 3.32. The van der Waals surface area contributed by atoms with Crippen molar-refractivity contribution >= 4 is 29.5 Å². The van der Waals surface area contributed by atoms with Crippen LogP contribution in [0.15, 0.2) is 12.2 Å². The zero-order valence-electron chi connectivity index (χ0n) is 18.2. The van der Waals surface area contributed by atoms with Crippen LogP contribution in [0.1, 0.15) is 64.7 Å². The van der Waals surface area contributed by atoms with E-state index in [1.165, 1.54) is 19.3 Å². The van der Waals surface area contributed by atoms with Crippen LogP contribution in [0.4, 0.5) is 0 Å². The van der Waals surface area contributed by atoms with Crippen LogP contribution in [0.3, 0.4) is 0 Å². The Hall–Kier alpha value is -1.50. The normalized spacial score (nSPS) is 25.0. The SMILES string of the molecule is CCCCSCC(=O)NCC(=O)NC[C@H]1[C@H]2CC[C@H](C2)[C@H]1CC=CCCCC(=O)O. The summed E-state index contributed by atoms with van der Waals surface area (Å²) in [6.45, 7) is 2.88. The standard InChI is InChI=1S/C23H38N2O4S/c1-2-3-12-30-16-22(27)25-15-21(26)24-14-20-18-11-10-17(13-18)19(20)8-6-4-5-7-9-23(28)29/h4,6,17-20H,2-3,5,7-16H2,1H3,(H,24,26)(H,25,27)(H,28,29)/t17-,18+,19-,20+/m1/s1. The molecule has 0 spiro atoms. The van der Waals surface area contributed by atoms with Gasteiger partial charge in [0, 0.05) is 13.0 Å². The maximum absolute atomic E-state index is 12.2. The molecule has 7 heteroatoms. The van der Waals surface area contributed by atoms with Crippen molar-refractivity contribution in [2.24, 2.45) is 23.7 Å². The smallest absolute Gasteiger partial charge is 0.303 e. The first kappa shape index (κ1) is 24.8. The molecule has 2 aliphatic carbocycles. The van der Waals surface area contributed by atoms with Crippen LogP contribution in [-0.4, -0.2) is 47.5 Å². The third kappa shape index (κ3) is 8.70. The fourth-order valence-corrected chi connectivity index (χ4v) is 5.82. The number of aliphatic carboxylic acids is 1. The van der Waals surface area contributed by atoms with E-state index in [1.807, 2.05) is 0 Å². The van der Waals surface area contributed by atoms with E-state index >= 15 is 0 Å². The van der Waals surface area contributed by atoms with Gasteiger partial charge in [-0.25, -0.2) is 0 Å². The lowest BCUT2D eigenvalue weighted by Gasteiger charge is -2.30. The van der Waals surface area contributed by atoms with Gasteiger partial charge in [0.15, 0.2) is 0 Å². The fourth-order valence-electron chi connectivity index (χ4n) is 4.89. The molecule has 0 aromatic heterocycles. The minimum atomic E-state index is -0.737. The highest BCUT2D eigenvalue weighted by molar-refractivity contribution is 7.99. The van der Waals surface area contributed by atoms with Gasteiger partial charge in [0.25, 0.3) is 0 Å². The molecule has 0 aromatic carbocycles. The molecule has 6 nitrogen and oxygen atoms in total. The zero-order chi connectivity index (χ0) is 21.8. The summed E-state index contributed by atoms with van der Waals surface area (Å²) in [4.78, 5) is 34.6. The number of rotatable bonds is 15. The molecule has 2 rings (SSSR count). The highest BCUT2D eigenvalue weighted by atomic mass is 32.2. The van der Waals surface area contributed by atoms with Crippen LogP contribution in [-0.2, 0) is 14.4 Å². The summed E-state index contributed by atoms with van der Waals surface area (Å²) in [6.07, 6.45) is 13.1. The first-order valence-electron chi connectivity index (χ1n) is 11.5. The van der Waals surface area contributed by atoms with Crippen molar-refractivity contribution < 1.29 is 19.5 Å². The van der Waals surface area contributed by atoms with Crippen molar-refractivity contribution in [2.45, 2.75) is 64.7 Å². The van der Waals surface area contributed by atoms with E-state index in [4.69, 9.17) is 5.11 Å². The summed E-state index contributed by atoms with van der Waals surface area (Å²) in [6, 6.07) is 0. The van der Waals surface area contributed by atoms with Crippen LogP contribution in [0.5, 0.6) is 0 Å². The molecule has 2 saturated carbocycles. The Morgan fingerprint density at radius 2 is 1.80 bits per heavy atom. The van der Waals surface area contributed by atoms with Crippen LogP contribution in [0, 0.1) is 23.7 Å². The van der Waals surface area contributed by atoms with Gasteiger partial charge in [-0.1, -0.05) is 25.5 Å². The largest absolute Gasteiger partial charge is 0.481 e. The molecule has 2 aliphatic rings. The molecule has 0 aromatic rings. The lowest BCUT2D eigenvalue weighted by atomic mass is 9.77. The Bertz CT molecular complexity index is 596. The maximum Gasteiger partial charge on any atom is 0.303 e. The Morgan fingerprint density at radius 3 is 2.53 bits per heavy atom. The van der Waals surface area contributed by atoms with Crippen molar-refractivity contribution in [3.63, 3.8) is 0 Å². The minimum Gasteiger partial charge on any atom is -0.481 e. The van der Waals surface area contributed by atoms with E-state index in [9.17, 15) is 14.4 Å². The van der Waals surface area contributed by atoms with Gasteiger partial charge in [0.1, 0.15) is 0 Å². The highest BCUT2D eigenvalue weighted by Gasteiger charge is 2.46. The number of hydrogen-bond donors (Lipinski definition) is 3. The maximum atomic E-state index is 12.2. The van der Waals surface area contributed by atoms with Crippen molar-refractivity contribution in [3.8, 4) is 0 Å². The molecule has 0 radical (unpaired) electrons. The number of thioether (sulfide) groups is 1. The third-order valence-corrected chi connectivity index (χ3v) is 7.51. The number of carbonyl (C=O) groups is 3. The van der Waals surface area contributed by atoms with Gasteiger partial charge < -0.3 is 15.7 Å². The summed E-state index contributed by atoms with van der Waals surface area (Å²) < 4.78 is 0. The molecule has 0 unspecified atom stereocenters. The Balaban J connectivity index is 1.66. The van der Waals surface area contributed by atoms with Gasteiger partial charge in [-0.2, -0.15) is 11.8 Å². The summed E-state index contributed by atoms with van der Waals surface area (Å²) in [5.41, 5.74) is 0. The number of fused-ring (bicyclic) bond motifs is 2. The van der Waals surface area contributed by atoms with Crippen molar-refractivity contribution in [3.05, 3.63) is 12.2 Å². The van der Waals surface area contributed by atoms with E-state index in [-0.39, 0.29) is 24.8 Å². The summed E-state index contributed by atoms with van der Waals surface area (Å²) >= 11 is 1.61. The number of carboxylic acid groups (broad SMARTS) is 1. The average molecular weight is 439 g/mol. The topological polar surface area (TPSA) is 95.5 Å². The van der Waals surface area contributed by atoms with Gasteiger partial charge in [-0.15, -0.1) is 0 Å². The molecular formula is C23H38N2O4S. The first-order chi connectivity index (χ1) is 14.5.